The Morgan fingerprint density at radius 1 is 1.05 bits per heavy atom. The van der Waals surface area contributed by atoms with E-state index in [1.54, 1.807) is 5.51 Å². The Bertz CT molecular complexity index is 787. The first-order valence-corrected chi connectivity index (χ1v) is 7.63. The number of amides is 1. The summed E-state index contributed by atoms with van der Waals surface area (Å²) >= 11 is 1.29. The van der Waals surface area contributed by atoms with Crippen LogP contribution in [0.3, 0.4) is 0 Å². The summed E-state index contributed by atoms with van der Waals surface area (Å²) in [5, 5.41) is 10.9. The van der Waals surface area contributed by atoms with Crippen LogP contribution in [0.15, 0.2) is 54.0 Å². The normalized spacial score (nSPS) is 12.9. The molecule has 0 saturated heterocycles. The van der Waals surface area contributed by atoms with Gasteiger partial charge in [-0.15, -0.1) is 10.2 Å². The molecule has 1 aliphatic heterocycles. The highest BCUT2D eigenvalue weighted by molar-refractivity contribution is 7.13. The fourth-order valence-corrected chi connectivity index (χ4v) is 3.05. The van der Waals surface area contributed by atoms with Crippen molar-refractivity contribution >= 4 is 22.4 Å². The lowest BCUT2D eigenvalue weighted by Crippen LogP contribution is -2.25. The number of aromatic nitrogens is 2. The summed E-state index contributed by atoms with van der Waals surface area (Å²) in [6.45, 7) is 0. The molecule has 108 valence electrons. The molecule has 6 heteroatoms. The molecular weight excluding hydrogens is 298 g/mol. The Morgan fingerprint density at radius 3 is 2.27 bits per heavy atom. The second kappa shape index (κ2) is 5.23. The van der Waals surface area contributed by atoms with Gasteiger partial charge in [0.05, 0.1) is 5.92 Å². The second-order valence-corrected chi connectivity index (χ2v) is 5.68. The van der Waals surface area contributed by atoms with Crippen molar-refractivity contribution in [3.05, 3.63) is 65.2 Å². The molecule has 22 heavy (non-hydrogen) atoms. The van der Waals surface area contributed by atoms with Crippen LogP contribution >= 0.6 is 11.3 Å². The summed E-state index contributed by atoms with van der Waals surface area (Å²) < 4.78 is 5.89. The Labute approximate surface area is 130 Å². The van der Waals surface area contributed by atoms with E-state index in [1.807, 2.05) is 48.5 Å². The first-order chi connectivity index (χ1) is 10.8. The molecule has 0 atom stereocenters. The molecule has 1 aliphatic rings. The molecule has 0 radical (unpaired) electrons. The van der Waals surface area contributed by atoms with Crippen LogP contribution in [-0.4, -0.2) is 16.1 Å². The largest absolute Gasteiger partial charge is 0.457 e. The van der Waals surface area contributed by atoms with Gasteiger partial charge in [0, 0.05) is 11.1 Å². The molecular formula is C16H11N3O2S. The molecule has 2 heterocycles. The third-order valence-electron chi connectivity index (χ3n) is 3.53. The first kappa shape index (κ1) is 13.0. The van der Waals surface area contributed by atoms with Crippen LogP contribution in [0.5, 0.6) is 11.5 Å². The minimum absolute atomic E-state index is 0.139. The van der Waals surface area contributed by atoms with Crippen molar-refractivity contribution in [2.75, 3.05) is 5.32 Å². The van der Waals surface area contributed by atoms with Gasteiger partial charge in [0.2, 0.25) is 11.0 Å². The van der Waals surface area contributed by atoms with Gasteiger partial charge in [-0.3, -0.25) is 10.1 Å². The number of carbonyl (C=O) groups is 1. The summed E-state index contributed by atoms with van der Waals surface area (Å²) in [6, 6.07) is 15.2. The molecule has 0 saturated carbocycles. The van der Waals surface area contributed by atoms with Crippen LogP contribution in [-0.2, 0) is 4.79 Å². The Morgan fingerprint density at radius 2 is 1.68 bits per heavy atom. The summed E-state index contributed by atoms with van der Waals surface area (Å²) in [6.07, 6.45) is 0. The lowest BCUT2D eigenvalue weighted by atomic mass is 9.87. The summed E-state index contributed by atoms with van der Waals surface area (Å²) in [4.78, 5) is 12.8. The van der Waals surface area contributed by atoms with Gasteiger partial charge >= 0.3 is 0 Å². The molecule has 1 N–H and O–H groups in total. The number of para-hydroxylation sites is 2. The van der Waals surface area contributed by atoms with E-state index in [0.717, 1.165) is 11.1 Å². The van der Waals surface area contributed by atoms with Crippen LogP contribution in [0.1, 0.15) is 17.0 Å². The van der Waals surface area contributed by atoms with Crippen LogP contribution in [0.4, 0.5) is 5.13 Å². The molecule has 4 rings (SSSR count). The number of hydrogen-bond acceptors (Lipinski definition) is 5. The number of benzene rings is 2. The highest BCUT2D eigenvalue weighted by Crippen LogP contribution is 2.44. The number of ether oxygens (including phenoxy) is 1. The molecule has 1 amide bonds. The maximum Gasteiger partial charge on any atom is 0.238 e. The second-order valence-electron chi connectivity index (χ2n) is 4.84. The maximum atomic E-state index is 12.8. The van der Waals surface area contributed by atoms with Gasteiger partial charge in [0.1, 0.15) is 17.0 Å². The van der Waals surface area contributed by atoms with Crippen LogP contribution in [0.2, 0.25) is 0 Å². The zero-order valence-corrected chi connectivity index (χ0v) is 12.2. The lowest BCUT2D eigenvalue weighted by molar-refractivity contribution is -0.116. The van der Waals surface area contributed by atoms with E-state index >= 15 is 0 Å². The number of fused-ring (bicyclic) bond motifs is 2. The van der Waals surface area contributed by atoms with Crippen molar-refractivity contribution in [3.63, 3.8) is 0 Å². The van der Waals surface area contributed by atoms with Crippen LogP contribution in [0, 0.1) is 0 Å². The van der Waals surface area contributed by atoms with Crippen molar-refractivity contribution in [2.24, 2.45) is 0 Å². The third-order valence-corrected chi connectivity index (χ3v) is 4.14. The van der Waals surface area contributed by atoms with Crippen molar-refractivity contribution in [3.8, 4) is 11.5 Å². The maximum absolute atomic E-state index is 12.8. The van der Waals surface area contributed by atoms with Gasteiger partial charge in [-0.05, 0) is 12.1 Å². The van der Waals surface area contributed by atoms with Gasteiger partial charge in [-0.25, -0.2) is 0 Å². The van der Waals surface area contributed by atoms with Gasteiger partial charge in [-0.2, -0.15) is 0 Å². The molecule has 5 nitrogen and oxygen atoms in total. The standard InChI is InChI=1S/C16H11N3O2S/c20-15(18-16-19-17-9-22-16)14-10-5-1-3-7-12(10)21-13-8-4-2-6-11(13)14/h1-9,14H,(H,18,19,20). The van der Waals surface area contributed by atoms with Gasteiger partial charge in [0.25, 0.3) is 0 Å². The van der Waals surface area contributed by atoms with Gasteiger partial charge in [0.15, 0.2) is 0 Å². The average Bonchev–Trinajstić information content (AvgIpc) is 3.05. The zero-order valence-electron chi connectivity index (χ0n) is 11.4. The van der Waals surface area contributed by atoms with Crippen LogP contribution in [0.25, 0.3) is 0 Å². The predicted octanol–water partition coefficient (Wildman–Crippen LogP) is 3.41. The summed E-state index contributed by atoms with van der Waals surface area (Å²) in [5.74, 6) is 0.849. The van der Waals surface area contributed by atoms with Crippen molar-refractivity contribution in [1.29, 1.82) is 0 Å². The Balaban J connectivity index is 1.79. The molecule has 2 aromatic carbocycles. The van der Waals surface area contributed by atoms with Gasteiger partial charge in [-0.1, -0.05) is 47.7 Å². The predicted molar refractivity (Wildman–Crippen MR) is 83.3 cm³/mol. The van der Waals surface area contributed by atoms with E-state index in [9.17, 15) is 4.79 Å². The number of anilines is 1. The van der Waals surface area contributed by atoms with Gasteiger partial charge < -0.3 is 4.74 Å². The highest BCUT2D eigenvalue weighted by atomic mass is 32.1. The number of nitrogens with zero attached hydrogens (tertiary/aromatic N) is 2. The molecule has 0 unspecified atom stereocenters. The monoisotopic (exact) mass is 309 g/mol. The van der Waals surface area contributed by atoms with E-state index in [2.05, 4.69) is 15.5 Å². The topological polar surface area (TPSA) is 64.1 Å². The molecule has 0 bridgehead atoms. The minimum atomic E-state index is -0.426. The first-order valence-electron chi connectivity index (χ1n) is 6.75. The van der Waals surface area contributed by atoms with E-state index in [4.69, 9.17) is 4.74 Å². The molecule has 1 aromatic heterocycles. The van der Waals surface area contributed by atoms with Crippen molar-refractivity contribution in [1.82, 2.24) is 10.2 Å². The number of carbonyl (C=O) groups excluding carboxylic acids is 1. The third kappa shape index (κ3) is 2.14. The van der Waals surface area contributed by atoms with E-state index < -0.39 is 5.92 Å². The Hall–Kier alpha value is -2.73. The molecule has 3 aromatic rings. The molecule has 0 spiro atoms. The van der Waals surface area contributed by atoms with E-state index in [-0.39, 0.29) is 5.91 Å². The van der Waals surface area contributed by atoms with Crippen LogP contribution < -0.4 is 10.1 Å². The van der Waals surface area contributed by atoms with E-state index in [0.29, 0.717) is 16.6 Å². The van der Waals surface area contributed by atoms with Crippen molar-refractivity contribution < 1.29 is 9.53 Å². The zero-order chi connectivity index (χ0) is 14.9. The average molecular weight is 309 g/mol. The van der Waals surface area contributed by atoms with Crippen molar-refractivity contribution in [2.45, 2.75) is 5.92 Å². The van der Waals surface area contributed by atoms with E-state index in [1.165, 1.54) is 11.3 Å². The molecule has 0 fully saturated rings. The Kier molecular flexibility index (Phi) is 3.08. The smallest absolute Gasteiger partial charge is 0.238 e. The fourth-order valence-electron chi connectivity index (χ4n) is 2.60. The SMILES string of the molecule is O=C(Nc1nncs1)C1c2ccccc2Oc2ccccc21. The minimum Gasteiger partial charge on any atom is -0.457 e. The number of nitrogens with one attached hydrogen (secondary N) is 1. The molecule has 0 aliphatic carbocycles. The fraction of sp³-hybridized carbons (Fsp3) is 0.0625. The quantitative estimate of drug-likeness (QED) is 0.788. The summed E-state index contributed by atoms with van der Waals surface area (Å²) in [7, 11) is 0. The highest BCUT2D eigenvalue weighted by Gasteiger charge is 2.32. The number of hydrogen-bond donors (Lipinski definition) is 1. The number of rotatable bonds is 2. The lowest BCUT2D eigenvalue weighted by Gasteiger charge is -2.27. The summed E-state index contributed by atoms with van der Waals surface area (Å²) in [5.41, 5.74) is 3.29.